The summed E-state index contributed by atoms with van der Waals surface area (Å²) in [7, 11) is 0. The smallest absolute Gasteiger partial charge is 0.307 e. The SMILES string of the molecule is Cc1cc(CCCC(C)(C)O)cc(C)c1-c1ccc(F)c(COc2ccc3c(c2)C[C@H]2[C@H](C(=O)O)[C@@H]32)c1. The quantitative estimate of drug-likeness (QED) is 0.340. The number of hydrogen-bond donors (Lipinski definition) is 2. The Morgan fingerprint density at radius 2 is 1.81 bits per heavy atom. The van der Waals surface area contributed by atoms with Gasteiger partial charge in [-0.05, 0) is 123 Å². The van der Waals surface area contributed by atoms with Gasteiger partial charge < -0.3 is 14.9 Å². The van der Waals surface area contributed by atoms with Gasteiger partial charge >= 0.3 is 5.97 Å². The van der Waals surface area contributed by atoms with E-state index in [0.29, 0.717) is 11.3 Å². The number of aryl methyl sites for hydroxylation is 3. The number of aliphatic hydroxyl groups is 1. The summed E-state index contributed by atoms with van der Waals surface area (Å²) in [6.07, 6.45) is 3.35. The highest BCUT2D eigenvalue weighted by atomic mass is 19.1. The largest absolute Gasteiger partial charge is 0.489 e. The molecule has 2 aliphatic carbocycles. The number of fused-ring (bicyclic) bond motifs is 3. The maximum Gasteiger partial charge on any atom is 0.307 e. The van der Waals surface area contributed by atoms with Crippen molar-refractivity contribution in [3.05, 3.63) is 87.7 Å². The summed E-state index contributed by atoms with van der Waals surface area (Å²) in [6, 6.07) is 15.4. The summed E-state index contributed by atoms with van der Waals surface area (Å²) in [5.74, 6) is -0.230. The Labute approximate surface area is 218 Å². The van der Waals surface area contributed by atoms with Crippen molar-refractivity contribution in [2.45, 2.75) is 71.5 Å². The molecule has 3 aromatic rings. The minimum absolute atomic E-state index is 0.121. The van der Waals surface area contributed by atoms with Crippen LogP contribution in [0, 0.1) is 31.5 Å². The molecule has 3 atom stereocenters. The van der Waals surface area contributed by atoms with E-state index in [0.717, 1.165) is 59.1 Å². The molecule has 194 valence electrons. The second-order valence-electron chi connectivity index (χ2n) is 11.5. The first kappa shape index (κ1) is 25.5. The molecule has 0 aromatic heterocycles. The van der Waals surface area contributed by atoms with E-state index in [-0.39, 0.29) is 30.2 Å². The Hall–Kier alpha value is -3.18. The van der Waals surface area contributed by atoms with Crippen molar-refractivity contribution in [3.63, 3.8) is 0 Å². The van der Waals surface area contributed by atoms with Crippen molar-refractivity contribution in [1.29, 1.82) is 0 Å². The van der Waals surface area contributed by atoms with E-state index in [2.05, 4.69) is 26.0 Å². The summed E-state index contributed by atoms with van der Waals surface area (Å²) >= 11 is 0. The molecular weight excluding hydrogens is 467 g/mol. The van der Waals surface area contributed by atoms with Crippen LogP contribution in [0.5, 0.6) is 5.75 Å². The summed E-state index contributed by atoms with van der Waals surface area (Å²) in [4.78, 5) is 11.3. The lowest BCUT2D eigenvalue weighted by Crippen LogP contribution is -2.18. The average molecular weight is 503 g/mol. The lowest BCUT2D eigenvalue weighted by atomic mass is 9.90. The van der Waals surface area contributed by atoms with E-state index in [4.69, 9.17) is 4.74 Å². The zero-order valence-electron chi connectivity index (χ0n) is 22.0. The lowest BCUT2D eigenvalue weighted by molar-refractivity contribution is -0.139. The van der Waals surface area contributed by atoms with Gasteiger partial charge in [0.2, 0.25) is 0 Å². The van der Waals surface area contributed by atoms with Gasteiger partial charge in [0.05, 0.1) is 11.5 Å². The number of benzene rings is 3. The molecule has 4 nitrogen and oxygen atoms in total. The average Bonchev–Trinajstić information content (AvgIpc) is 3.40. The van der Waals surface area contributed by atoms with E-state index in [1.807, 2.05) is 44.2 Å². The molecule has 0 saturated heterocycles. The van der Waals surface area contributed by atoms with Crippen molar-refractivity contribution >= 4 is 5.97 Å². The maximum atomic E-state index is 14.7. The zero-order chi connectivity index (χ0) is 26.5. The van der Waals surface area contributed by atoms with Crippen LogP contribution < -0.4 is 4.74 Å². The van der Waals surface area contributed by atoms with Crippen molar-refractivity contribution < 1.29 is 24.1 Å². The molecular formula is C32H35FO4. The van der Waals surface area contributed by atoms with Crippen LogP contribution >= 0.6 is 0 Å². The molecule has 0 amide bonds. The first-order valence-corrected chi connectivity index (χ1v) is 13.1. The van der Waals surface area contributed by atoms with E-state index < -0.39 is 11.6 Å². The molecule has 2 aliphatic rings. The van der Waals surface area contributed by atoms with Gasteiger partial charge in [-0.25, -0.2) is 4.39 Å². The fourth-order valence-corrected chi connectivity index (χ4v) is 6.20. The van der Waals surface area contributed by atoms with Crippen LogP contribution in [0.2, 0.25) is 0 Å². The van der Waals surface area contributed by atoms with Crippen molar-refractivity contribution in [2.75, 3.05) is 0 Å². The molecule has 5 heteroatoms. The number of aliphatic carboxylic acids is 1. The number of carbonyl (C=O) groups is 1. The molecule has 37 heavy (non-hydrogen) atoms. The van der Waals surface area contributed by atoms with Gasteiger partial charge in [-0.3, -0.25) is 4.79 Å². The molecule has 0 heterocycles. The molecule has 1 fully saturated rings. The van der Waals surface area contributed by atoms with Crippen LogP contribution in [0.1, 0.15) is 66.0 Å². The van der Waals surface area contributed by atoms with Crippen molar-refractivity contribution in [3.8, 4) is 16.9 Å². The number of rotatable bonds is 9. The third-order valence-electron chi connectivity index (χ3n) is 7.96. The number of hydrogen-bond acceptors (Lipinski definition) is 3. The van der Waals surface area contributed by atoms with Gasteiger partial charge in [-0.1, -0.05) is 24.3 Å². The zero-order valence-corrected chi connectivity index (χ0v) is 22.0. The maximum absolute atomic E-state index is 14.7. The third-order valence-corrected chi connectivity index (χ3v) is 7.96. The highest BCUT2D eigenvalue weighted by Crippen LogP contribution is 2.61. The Morgan fingerprint density at radius 3 is 2.49 bits per heavy atom. The van der Waals surface area contributed by atoms with Gasteiger partial charge in [0.15, 0.2) is 0 Å². The first-order chi connectivity index (χ1) is 17.5. The molecule has 3 aromatic carbocycles. The molecule has 0 aliphatic heterocycles. The van der Waals surface area contributed by atoms with Crippen molar-refractivity contribution in [2.24, 2.45) is 11.8 Å². The Kier molecular flexibility index (Phi) is 6.61. The molecule has 0 bridgehead atoms. The van der Waals surface area contributed by atoms with Gasteiger partial charge in [0, 0.05) is 11.5 Å². The van der Waals surface area contributed by atoms with Crippen LogP contribution in [-0.2, 0) is 24.2 Å². The minimum Gasteiger partial charge on any atom is -0.489 e. The van der Waals surface area contributed by atoms with Crippen LogP contribution in [0.25, 0.3) is 11.1 Å². The molecule has 5 rings (SSSR count). The monoisotopic (exact) mass is 502 g/mol. The van der Waals surface area contributed by atoms with Gasteiger partial charge in [-0.2, -0.15) is 0 Å². The molecule has 2 N–H and O–H groups in total. The van der Waals surface area contributed by atoms with Crippen LogP contribution in [-0.4, -0.2) is 21.8 Å². The normalized spacial score (nSPS) is 19.9. The van der Waals surface area contributed by atoms with Gasteiger partial charge in [0.25, 0.3) is 0 Å². The minimum atomic E-state index is -0.706. The van der Waals surface area contributed by atoms with Gasteiger partial charge in [0.1, 0.15) is 18.2 Å². The molecule has 0 radical (unpaired) electrons. The molecule has 0 spiro atoms. The summed E-state index contributed by atoms with van der Waals surface area (Å²) in [5.41, 5.74) is 7.73. The Morgan fingerprint density at radius 1 is 1.08 bits per heavy atom. The van der Waals surface area contributed by atoms with Crippen molar-refractivity contribution in [1.82, 2.24) is 0 Å². The van der Waals surface area contributed by atoms with E-state index in [1.54, 1.807) is 0 Å². The number of halogens is 1. The molecule has 0 unspecified atom stereocenters. The molecule has 1 saturated carbocycles. The van der Waals surface area contributed by atoms with Gasteiger partial charge in [-0.15, -0.1) is 0 Å². The predicted molar refractivity (Wildman–Crippen MR) is 142 cm³/mol. The number of carboxylic acids is 1. The van der Waals surface area contributed by atoms with Crippen LogP contribution in [0.3, 0.4) is 0 Å². The fourth-order valence-electron chi connectivity index (χ4n) is 6.20. The summed E-state index contributed by atoms with van der Waals surface area (Å²) < 4.78 is 20.7. The highest BCUT2D eigenvalue weighted by molar-refractivity contribution is 5.78. The predicted octanol–water partition coefficient (Wildman–Crippen LogP) is 6.75. The summed E-state index contributed by atoms with van der Waals surface area (Å²) in [5, 5.41) is 19.3. The second-order valence-corrected chi connectivity index (χ2v) is 11.5. The topological polar surface area (TPSA) is 66.8 Å². The number of ether oxygens (including phenoxy) is 1. The fraction of sp³-hybridized carbons (Fsp3) is 0.406. The van der Waals surface area contributed by atoms with E-state index >= 15 is 0 Å². The Balaban J connectivity index is 1.29. The van der Waals surface area contributed by atoms with E-state index in [9.17, 15) is 19.4 Å². The Bertz CT molecular complexity index is 1330. The number of carboxylic acid groups (broad SMARTS) is 1. The van der Waals surface area contributed by atoms with Crippen LogP contribution in [0.15, 0.2) is 48.5 Å². The lowest BCUT2D eigenvalue weighted by Gasteiger charge is -2.18. The second kappa shape index (κ2) is 9.60. The highest BCUT2D eigenvalue weighted by Gasteiger charge is 2.59. The summed E-state index contributed by atoms with van der Waals surface area (Å²) in [6.45, 7) is 7.98. The van der Waals surface area contributed by atoms with Crippen LogP contribution in [0.4, 0.5) is 4.39 Å². The first-order valence-electron chi connectivity index (χ1n) is 13.1. The van der Waals surface area contributed by atoms with E-state index in [1.165, 1.54) is 11.6 Å². The standard InChI is InChI=1S/C32H35FO4/c1-18-12-20(6-5-11-32(3,4)36)13-19(2)28(18)21-7-10-27(33)23(14-21)17-37-24-8-9-25-22(15-24)16-26-29(25)30(26)31(34)35/h7-10,12-15,26,29-30,36H,5-6,11,16-17H2,1-4H3,(H,34,35)/t26-,29+,30+/m1/s1. The third kappa shape index (κ3) is 5.28.